The van der Waals surface area contributed by atoms with E-state index < -0.39 is 0 Å². The lowest BCUT2D eigenvalue weighted by Gasteiger charge is -2.31. The Hall–Kier alpha value is -2.37. The number of nitrogens with zero attached hydrogens (tertiary/aromatic N) is 1. The van der Waals surface area contributed by atoms with Crippen molar-refractivity contribution in [1.29, 1.82) is 0 Å². The second kappa shape index (κ2) is 9.22. The van der Waals surface area contributed by atoms with Gasteiger partial charge in [0.05, 0.1) is 0 Å². The van der Waals surface area contributed by atoms with Crippen molar-refractivity contribution in [2.24, 2.45) is 11.8 Å². The SMILES string of the molecule is CCC(C)NC(=O)c1ccc(CNC(=O)C2CCN(C(=O)C3CC3)CC2)cc1. The van der Waals surface area contributed by atoms with Crippen molar-refractivity contribution >= 4 is 17.7 Å². The van der Waals surface area contributed by atoms with E-state index >= 15 is 0 Å². The summed E-state index contributed by atoms with van der Waals surface area (Å²) in [5.41, 5.74) is 1.60. The van der Waals surface area contributed by atoms with Gasteiger partial charge in [-0.1, -0.05) is 19.1 Å². The molecule has 3 rings (SSSR count). The minimum absolute atomic E-state index is 0.0242. The van der Waals surface area contributed by atoms with Crippen molar-refractivity contribution in [1.82, 2.24) is 15.5 Å². The van der Waals surface area contributed by atoms with Crippen LogP contribution >= 0.6 is 0 Å². The molecule has 1 aromatic rings. The van der Waals surface area contributed by atoms with Gasteiger partial charge >= 0.3 is 0 Å². The zero-order chi connectivity index (χ0) is 20.1. The van der Waals surface area contributed by atoms with Crippen LogP contribution in [0.25, 0.3) is 0 Å². The normalized spacial score (nSPS) is 18.4. The molecule has 6 heteroatoms. The smallest absolute Gasteiger partial charge is 0.251 e. The molecule has 1 aromatic carbocycles. The van der Waals surface area contributed by atoms with E-state index in [1.54, 1.807) is 12.1 Å². The zero-order valence-corrected chi connectivity index (χ0v) is 16.9. The molecule has 1 aliphatic carbocycles. The number of nitrogens with one attached hydrogen (secondary N) is 2. The Bertz CT molecular complexity index is 704. The number of rotatable bonds is 7. The lowest BCUT2D eigenvalue weighted by Crippen LogP contribution is -2.43. The van der Waals surface area contributed by atoms with Crippen LogP contribution in [0.1, 0.15) is 61.9 Å². The summed E-state index contributed by atoms with van der Waals surface area (Å²) in [4.78, 5) is 38.6. The Morgan fingerprint density at radius 3 is 2.25 bits per heavy atom. The number of likely N-dealkylation sites (tertiary alicyclic amines) is 1. The Morgan fingerprint density at radius 2 is 1.68 bits per heavy atom. The molecule has 1 saturated heterocycles. The molecule has 0 aromatic heterocycles. The molecule has 1 heterocycles. The molecule has 1 atom stereocenters. The number of hydrogen-bond acceptors (Lipinski definition) is 3. The minimum atomic E-state index is -0.0718. The van der Waals surface area contributed by atoms with Crippen molar-refractivity contribution < 1.29 is 14.4 Å². The molecule has 1 saturated carbocycles. The Balaban J connectivity index is 1.42. The highest BCUT2D eigenvalue weighted by Gasteiger charge is 2.35. The maximum absolute atomic E-state index is 12.4. The van der Waals surface area contributed by atoms with Crippen molar-refractivity contribution in [3.63, 3.8) is 0 Å². The average molecular weight is 386 g/mol. The van der Waals surface area contributed by atoms with Crippen LogP contribution in [0.5, 0.6) is 0 Å². The van der Waals surface area contributed by atoms with Crippen LogP contribution in [-0.4, -0.2) is 41.8 Å². The van der Waals surface area contributed by atoms with Gasteiger partial charge in [-0.2, -0.15) is 0 Å². The molecule has 28 heavy (non-hydrogen) atoms. The van der Waals surface area contributed by atoms with E-state index in [0.29, 0.717) is 25.2 Å². The highest BCUT2D eigenvalue weighted by Crippen LogP contribution is 2.32. The second-order valence-electron chi connectivity index (χ2n) is 8.07. The van der Waals surface area contributed by atoms with Gasteiger partial charge in [0.25, 0.3) is 5.91 Å². The molecule has 3 amide bonds. The summed E-state index contributed by atoms with van der Waals surface area (Å²) in [6.07, 6.45) is 4.41. The number of carbonyl (C=O) groups is 3. The van der Waals surface area contributed by atoms with Gasteiger partial charge < -0.3 is 15.5 Å². The molecule has 0 bridgehead atoms. The van der Waals surface area contributed by atoms with Gasteiger partial charge in [0.15, 0.2) is 0 Å². The van der Waals surface area contributed by atoms with Gasteiger partial charge in [0.1, 0.15) is 0 Å². The third kappa shape index (κ3) is 5.33. The van der Waals surface area contributed by atoms with Crippen LogP contribution in [0.3, 0.4) is 0 Å². The maximum atomic E-state index is 12.4. The van der Waals surface area contributed by atoms with Crippen LogP contribution in [0, 0.1) is 11.8 Å². The summed E-state index contributed by atoms with van der Waals surface area (Å²) < 4.78 is 0. The van der Waals surface area contributed by atoms with E-state index in [1.165, 1.54) is 0 Å². The summed E-state index contributed by atoms with van der Waals surface area (Å²) in [6.45, 7) is 5.84. The molecule has 152 valence electrons. The third-order valence-corrected chi connectivity index (χ3v) is 5.78. The van der Waals surface area contributed by atoms with E-state index in [4.69, 9.17) is 0 Å². The summed E-state index contributed by atoms with van der Waals surface area (Å²) in [5, 5.41) is 5.94. The first-order valence-electron chi connectivity index (χ1n) is 10.4. The Labute approximate surface area is 167 Å². The highest BCUT2D eigenvalue weighted by atomic mass is 16.2. The molecular weight excluding hydrogens is 354 g/mol. The fourth-order valence-electron chi connectivity index (χ4n) is 3.47. The third-order valence-electron chi connectivity index (χ3n) is 5.78. The lowest BCUT2D eigenvalue weighted by molar-refractivity contribution is -0.136. The fraction of sp³-hybridized carbons (Fsp3) is 0.591. The summed E-state index contributed by atoms with van der Waals surface area (Å²) >= 11 is 0. The van der Waals surface area contributed by atoms with Crippen molar-refractivity contribution in [3.05, 3.63) is 35.4 Å². The van der Waals surface area contributed by atoms with Gasteiger partial charge in [-0.15, -0.1) is 0 Å². The molecule has 1 aliphatic heterocycles. The van der Waals surface area contributed by atoms with Crippen LogP contribution < -0.4 is 10.6 Å². The van der Waals surface area contributed by atoms with Gasteiger partial charge in [-0.25, -0.2) is 0 Å². The lowest BCUT2D eigenvalue weighted by atomic mass is 9.95. The highest BCUT2D eigenvalue weighted by molar-refractivity contribution is 5.94. The van der Waals surface area contributed by atoms with Gasteiger partial charge in [0, 0.05) is 43.1 Å². The second-order valence-corrected chi connectivity index (χ2v) is 8.07. The van der Waals surface area contributed by atoms with Crippen molar-refractivity contribution in [2.45, 2.75) is 58.5 Å². The number of carbonyl (C=O) groups excluding carboxylic acids is 3. The number of hydrogen-bond donors (Lipinski definition) is 2. The summed E-state index contributed by atoms with van der Waals surface area (Å²) in [5.74, 6) is 0.482. The predicted octanol–water partition coefficient (Wildman–Crippen LogP) is 2.48. The van der Waals surface area contributed by atoms with Crippen molar-refractivity contribution in [3.8, 4) is 0 Å². The van der Waals surface area contributed by atoms with Crippen LogP contribution in [0.15, 0.2) is 24.3 Å². The first-order chi connectivity index (χ1) is 13.5. The fourth-order valence-corrected chi connectivity index (χ4v) is 3.47. The first kappa shape index (κ1) is 20.4. The Kier molecular flexibility index (Phi) is 6.70. The van der Waals surface area contributed by atoms with E-state index in [2.05, 4.69) is 10.6 Å². The molecule has 2 N–H and O–H groups in total. The van der Waals surface area contributed by atoms with E-state index in [9.17, 15) is 14.4 Å². The number of amides is 3. The minimum Gasteiger partial charge on any atom is -0.352 e. The molecule has 2 aliphatic rings. The van der Waals surface area contributed by atoms with E-state index in [1.807, 2.05) is 30.9 Å². The molecular formula is C22H31N3O3. The standard InChI is InChI=1S/C22H31N3O3/c1-3-15(2)24-21(27)17-6-4-16(5-7-17)14-23-20(26)18-10-12-25(13-11-18)22(28)19-8-9-19/h4-7,15,18-19H,3,8-14H2,1-2H3,(H,23,26)(H,24,27). The zero-order valence-electron chi connectivity index (χ0n) is 16.9. The van der Waals surface area contributed by atoms with Crippen molar-refractivity contribution in [2.75, 3.05) is 13.1 Å². The van der Waals surface area contributed by atoms with Gasteiger partial charge in [0.2, 0.25) is 11.8 Å². The maximum Gasteiger partial charge on any atom is 0.251 e. The largest absolute Gasteiger partial charge is 0.352 e. The monoisotopic (exact) mass is 385 g/mol. The molecule has 2 fully saturated rings. The van der Waals surface area contributed by atoms with Crippen LogP contribution in [0.2, 0.25) is 0 Å². The number of piperidine rings is 1. The van der Waals surface area contributed by atoms with Crippen LogP contribution in [0.4, 0.5) is 0 Å². The molecule has 0 radical (unpaired) electrons. The molecule has 6 nitrogen and oxygen atoms in total. The predicted molar refractivity (Wildman–Crippen MR) is 108 cm³/mol. The first-order valence-corrected chi connectivity index (χ1v) is 10.4. The quantitative estimate of drug-likeness (QED) is 0.757. The topological polar surface area (TPSA) is 78.5 Å². The van der Waals surface area contributed by atoms with Crippen LogP contribution in [-0.2, 0) is 16.1 Å². The van der Waals surface area contributed by atoms with E-state index in [0.717, 1.165) is 37.7 Å². The Morgan fingerprint density at radius 1 is 1.04 bits per heavy atom. The summed E-state index contributed by atoms with van der Waals surface area (Å²) in [6, 6.07) is 7.49. The van der Waals surface area contributed by atoms with Gasteiger partial charge in [-0.05, 0) is 56.7 Å². The average Bonchev–Trinajstić information content (AvgIpc) is 3.57. The van der Waals surface area contributed by atoms with Gasteiger partial charge in [-0.3, -0.25) is 14.4 Å². The summed E-state index contributed by atoms with van der Waals surface area (Å²) in [7, 11) is 0. The number of benzene rings is 1. The molecule has 0 spiro atoms. The van der Waals surface area contributed by atoms with E-state index in [-0.39, 0.29) is 35.6 Å². The molecule has 1 unspecified atom stereocenters.